The van der Waals surface area contributed by atoms with Crippen LogP contribution in [0.15, 0.2) is 84.9 Å². The number of esters is 2. The van der Waals surface area contributed by atoms with Crippen LogP contribution in [0.1, 0.15) is 305 Å². The van der Waals surface area contributed by atoms with Crippen LogP contribution in [0.5, 0.6) is 17.2 Å². The number of unbranched alkanes of at least 4 members (excludes halogenated alkanes) is 33. The Bertz CT molecular complexity index is 4130. The van der Waals surface area contributed by atoms with Crippen LogP contribution in [0.25, 0.3) is 95.1 Å². The summed E-state index contributed by atoms with van der Waals surface area (Å²) in [5.74, 6) is 1.38. The lowest BCUT2D eigenvalue weighted by atomic mass is 9.96. The molecule has 0 aliphatic heterocycles. The number of fused-ring (bicyclic) bond motifs is 4. The van der Waals surface area contributed by atoms with E-state index in [4.69, 9.17) is 41.2 Å². The summed E-state index contributed by atoms with van der Waals surface area (Å²) in [5, 5.41) is 1.36. The Kier molecular flexibility index (Phi) is 34.7. The van der Waals surface area contributed by atoms with E-state index in [-0.39, 0.29) is 11.9 Å². The van der Waals surface area contributed by atoms with Gasteiger partial charge in [0.05, 0.1) is 93.7 Å². The van der Waals surface area contributed by atoms with E-state index >= 15 is 9.59 Å². The molecule has 105 heavy (non-hydrogen) atoms. The van der Waals surface area contributed by atoms with Gasteiger partial charge < -0.3 is 23.7 Å². The number of nitrogens with zero attached hydrogens (tertiary/aromatic N) is 4. The summed E-state index contributed by atoms with van der Waals surface area (Å²) in [6, 6.07) is 29.4. The van der Waals surface area contributed by atoms with E-state index in [9.17, 15) is 0 Å². The number of benzene rings is 5. The highest BCUT2D eigenvalue weighted by Crippen LogP contribution is 2.56. The van der Waals surface area contributed by atoms with Crippen LogP contribution in [0.3, 0.4) is 0 Å². The Balaban J connectivity index is 1.08. The lowest BCUT2D eigenvalue weighted by Gasteiger charge is -2.20. The van der Waals surface area contributed by atoms with Crippen molar-refractivity contribution in [2.45, 2.75) is 286 Å². The lowest BCUT2D eigenvalue weighted by molar-refractivity contribution is 0.0490. The van der Waals surface area contributed by atoms with Gasteiger partial charge in [-0.2, -0.15) is 17.5 Å². The van der Waals surface area contributed by atoms with E-state index in [1.165, 1.54) is 207 Å². The second kappa shape index (κ2) is 44.9. The summed E-state index contributed by atoms with van der Waals surface area (Å²) in [5.41, 5.74) is 10.5. The van der Waals surface area contributed by atoms with Crippen molar-refractivity contribution in [3.8, 4) is 70.1 Å². The minimum Gasteiger partial charge on any atom is -0.493 e. The van der Waals surface area contributed by atoms with Crippen LogP contribution in [0, 0.1) is 6.92 Å². The van der Waals surface area contributed by atoms with Crippen molar-refractivity contribution in [2.24, 2.45) is 0 Å². The predicted molar refractivity (Wildman–Crippen MR) is 450 cm³/mol. The van der Waals surface area contributed by atoms with Crippen LogP contribution in [-0.2, 0) is 9.47 Å². The maximum Gasteiger partial charge on any atom is 0.340 e. The van der Waals surface area contributed by atoms with Crippen LogP contribution < -0.4 is 14.2 Å². The molecule has 16 heteroatoms. The van der Waals surface area contributed by atoms with Gasteiger partial charge in [0.2, 0.25) is 0 Å². The molecule has 0 amide bonds. The Hall–Kier alpha value is -6.30. The summed E-state index contributed by atoms with van der Waals surface area (Å²) in [4.78, 5) is 34.5. The third kappa shape index (κ3) is 22.4. The van der Waals surface area contributed by atoms with Gasteiger partial charge in [0.15, 0.2) is 11.5 Å². The predicted octanol–water partition coefficient (Wildman–Crippen LogP) is 29.2. The number of aromatic nitrogens is 4. The van der Waals surface area contributed by atoms with Gasteiger partial charge in [-0.1, -0.05) is 307 Å². The number of ether oxygens (including phenoxy) is 5. The van der Waals surface area contributed by atoms with Crippen LogP contribution in [0.4, 0.5) is 0 Å². The lowest BCUT2D eigenvalue weighted by Crippen LogP contribution is -2.11. The van der Waals surface area contributed by atoms with E-state index in [1.54, 1.807) is 11.3 Å². The Morgan fingerprint density at radius 1 is 0.314 bits per heavy atom. The summed E-state index contributed by atoms with van der Waals surface area (Å²) < 4.78 is 56.5. The van der Waals surface area contributed by atoms with Gasteiger partial charge in [-0.25, -0.2) is 9.59 Å². The second-order valence-corrected chi connectivity index (χ2v) is 33.1. The van der Waals surface area contributed by atoms with Crippen molar-refractivity contribution in [1.82, 2.24) is 17.5 Å². The summed E-state index contributed by atoms with van der Waals surface area (Å²) in [7, 11) is 0. The Morgan fingerprint density at radius 2 is 0.629 bits per heavy atom. The number of rotatable bonds is 53. The van der Waals surface area contributed by atoms with E-state index in [0.29, 0.717) is 70.9 Å². The molecule has 0 N–H and O–H groups in total. The molecule has 0 fully saturated rings. The van der Waals surface area contributed by atoms with Crippen molar-refractivity contribution in [2.75, 3.05) is 33.0 Å². The molecular weight excluding hydrogens is 1400 g/mol. The highest BCUT2D eigenvalue weighted by Gasteiger charge is 2.33. The fourth-order valence-corrected chi connectivity index (χ4v) is 19.4. The van der Waals surface area contributed by atoms with Gasteiger partial charge in [-0.3, -0.25) is 0 Å². The Labute approximate surface area is 648 Å². The molecule has 10 rings (SSSR count). The van der Waals surface area contributed by atoms with Gasteiger partial charge >= 0.3 is 11.9 Å². The number of carbonyl (C=O) groups excluding carboxylic acids is 2. The van der Waals surface area contributed by atoms with E-state index in [0.717, 1.165) is 175 Å². The first-order valence-corrected chi connectivity index (χ1v) is 44.8. The van der Waals surface area contributed by atoms with Crippen molar-refractivity contribution in [3.05, 3.63) is 102 Å². The van der Waals surface area contributed by atoms with Crippen molar-refractivity contribution in [3.63, 3.8) is 0 Å². The standard InChI is InChI=1S/C89H118N4O7S5/c1-7-12-17-22-27-29-31-33-38-49-60-99-88(94)75-67-62-71(65-51-42-40-43-52-65)102-86(67)76(89(95)100-61-50-39-34-32-30-28-23-18-13-8-2)68-63-72(103-87(68)75)78-82-79(90-104-93-82)73(64(6)83(78)96-57-46-35-24-19-14-9-3)69-55-56-70(101-69)77-81-80(91-105-92-81)74(66-53-44-41-45-54-66)84(97-58-47-36-25-20-15-10-4)85(77)98-59-48-37-26-21-16-11-5/h40-45,51-56,62-63H,7-39,46-50,57-61H2,1-6H3. The molecule has 0 aliphatic rings. The zero-order valence-corrected chi connectivity index (χ0v) is 68.3. The van der Waals surface area contributed by atoms with Crippen molar-refractivity contribution < 1.29 is 33.3 Å². The molecule has 5 heterocycles. The summed E-state index contributed by atoms with van der Waals surface area (Å²) in [6.45, 7) is 15.7. The molecule has 0 atom stereocenters. The summed E-state index contributed by atoms with van der Waals surface area (Å²) >= 11 is 7.15. The largest absolute Gasteiger partial charge is 0.493 e. The van der Waals surface area contributed by atoms with E-state index < -0.39 is 0 Å². The zero-order valence-electron chi connectivity index (χ0n) is 64.2. The zero-order chi connectivity index (χ0) is 73.2. The molecule has 5 aromatic heterocycles. The molecule has 5 aromatic carbocycles. The maximum atomic E-state index is 15.4. The van der Waals surface area contributed by atoms with Crippen LogP contribution in [0.2, 0.25) is 0 Å². The second-order valence-electron chi connectivity index (χ2n) is 28.9. The first-order chi connectivity index (χ1) is 51.8. The molecule has 0 saturated carbocycles. The number of thiophene rings is 3. The minimum absolute atomic E-state index is 0.313. The molecule has 11 nitrogen and oxygen atoms in total. The first kappa shape index (κ1) is 81.2. The quantitative estimate of drug-likeness (QED) is 0.0267. The van der Waals surface area contributed by atoms with Gasteiger partial charge in [-0.15, -0.1) is 34.0 Å². The highest BCUT2D eigenvalue weighted by atomic mass is 32.1. The highest BCUT2D eigenvalue weighted by molar-refractivity contribution is 7.25. The molecule has 0 radical (unpaired) electrons. The molecule has 0 saturated heterocycles. The van der Waals surface area contributed by atoms with Gasteiger partial charge in [-0.05, 0) is 74.4 Å². The fraction of sp³-hybridized carbons (Fsp3) is 0.551. The maximum absolute atomic E-state index is 15.4. The number of hydrogen-bond acceptors (Lipinski definition) is 16. The molecular formula is C89H118N4O7S5. The monoisotopic (exact) mass is 1510 g/mol. The van der Waals surface area contributed by atoms with Crippen LogP contribution in [-0.4, -0.2) is 62.5 Å². The smallest absolute Gasteiger partial charge is 0.340 e. The minimum atomic E-state index is -0.384. The van der Waals surface area contributed by atoms with E-state index in [2.05, 4.69) is 108 Å². The third-order valence-corrected chi connectivity index (χ3v) is 25.1. The Morgan fingerprint density at radius 3 is 1.05 bits per heavy atom. The van der Waals surface area contributed by atoms with Gasteiger partial charge in [0, 0.05) is 41.4 Å². The number of carbonyl (C=O) groups is 2. The molecule has 566 valence electrons. The van der Waals surface area contributed by atoms with Gasteiger partial charge in [0.1, 0.15) is 27.8 Å². The third-order valence-electron chi connectivity index (χ3n) is 20.6. The molecule has 0 unspecified atom stereocenters. The topological polar surface area (TPSA) is 132 Å². The molecule has 0 bridgehead atoms. The first-order valence-electron chi connectivity index (χ1n) is 40.9. The van der Waals surface area contributed by atoms with E-state index in [1.807, 2.05) is 18.2 Å². The molecule has 0 spiro atoms. The normalized spacial score (nSPS) is 11.7. The SMILES string of the molecule is CCCCCCCCCCCCOC(=O)c1c2cc(-c3c(OCCCCCCCC)c(C)c(-c4ccc(-c5c(OCCCCCCCC)c(OCCCCCCCC)c(-c6ccccc6)c6nsnc56)s4)c4nsnc34)sc2c(C(=O)OCCCCCCCCCCCC)c2cc(-c3ccccc3)sc12. The molecule has 0 aliphatic carbocycles. The molecule has 10 aromatic rings. The van der Waals surface area contributed by atoms with Gasteiger partial charge in [0.25, 0.3) is 0 Å². The van der Waals surface area contributed by atoms with Crippen LogP contribution >= 0.6 is 57.5 Å². The summed E-state index contributed by atoms with van der Waals surface area (Å²) in [6.07, 6.45) is 44.0. The fourth-order valence-electron chi connectivity index (χ4n) is 14.6. The van der Waals surface area contributed by atoms with Crippen molar-refractivity contribution in [1.29, 1.82) is 0 Å². The average molecular weight is 1520 g/mol. The van der Waals surface area contributed by atoms with Crippen molar-refractivity contribution >= 4 is 112 Å². The number of hydrogen-bond donors (Lipinski definition) is 0. The average Bonchev–Trinajstić information content (AvgIpc) is 1.66.